The number of hydrogen-bond donors (Lipinski definition) is 0. The maximum absolute atomic E-state index is 14.1. The first-order chi connectivity index (χ1) is 22.4. The molecule has 6 rings (SSSR count). The Morgan fingerprint density at radius 3 is 2.50 bits per heavy atom. The van der Waals surface area contributed by atoms with Crippen molar-refractivity contribution in [3.63, 3.8) is 0 Å². The topological polar surface area (TPSA) is 79.1 Å². The van der Waals surface area contributed by atoms with Crippen molar-refractivity contribution in [3.8, 4) is 11.5 Å². The molecule has 232 valence electrons. The van der Waals surface area contributed by atoms with Gasteiger partial charge in [0.05, 0.1) is 35.6 Å². The molecule has 0 aliphatic carbocycles. The zero-order chi connectivity index (χ0) is 32.2. The lowest BCUT2D eigenvalue weighted by Gasteiger charge is -2.25. The number of hydrogen-bond acceptors (Lipinski definition) is 7. The molecule has 5 aromatic rings. The monoisotopic (exact) mass is 654 g/mol. The fourth-order valence-corrected chi connectivity index (χ4v) is 6.45. The van der Waals surface area contributed by atoms with Gasteiger partial charge < -0.3 is 14.2 Å². The first-order valence-corrected chi connectivity index (χ1v) is 15.6. The van der Waals surface area contributed by atoms with Gasteiger partial charge in [0.15, 0.2) is 16.3 Å². The van der Waals surface area contributed by atoms with Crippen LogP contribution in [0, 0.1) is 5.82 Å². The maximum atomic E-state index is 14.1. The van der Waals surface area contributed by atoms with Gasteiger partial charge in [-0.1, -0.05) is 83.6 Å². The van der Waals surface area contributed by atoms with E-state index in [2.05, 4.69) is 0 Å². The highest BCUT2D eigenvalue weighted by atomic mass is 35.5. The van der Waals surface area contributed by atoms with Gasteiger partial charge in [0.1, 0.15) is 12.4 Å². The SMILES string of the molecule is CCOC(=O)C1=C(c2ccccc2)N=c2s/c(=C\c3ccc(OCc4cccc(Cl)c4)c(OC)c3)c(=O)n2[C@@H]1c1ccc(F)cc1. The minimum absolute atomic E-state index is 0.131. The maximum Gasteiger partial charge on any atom is 0.338 e. The second kappa shape index (κ2) is 13.6. The van der Waals surface area contributed by atoms with Crippen LogP contribution in [-0.2, 0) is 16.1 Å². The van der Waals surface area contributed by atoms with E-state index in [1.54, 1.807) is 50.4 Å². The highest BCUT2D eigenvalue weighted by molar-refractivity contribution is 7.07. The number of fused-ring (bicyclic) bond motifs is 1. The average molecular weight is 655 g/mol. The fraction of sp³-hybridized carbons (Fsp3) is 0.139. The first-order valence-electron chi connectivity index (χ1n) is 14.5. The van der Waals surface area contributed by atoms with E-state index >= 15 is 0 Å². The second-order valence-electron chi connectivity index (χ2n) is 10.3. The number of thiazole rings is 1. The number of aromatic nitrogens is 1. The van der Waals surface area contributed by atoms with Gasteiger partial charge in [0.2, 0.25) is 0 Å². The molecule has 1 atom stereocenters. The van der Waals surface area contributed by atoms with Crippen LogP contribution in [0.15, 0.2) is 112 Å². The third-order valence-corrected chi connectivity index (χ3v) is 8.55. The lowest BCUT2D eigenvalue weighted by molar-refractivity contribution is -0.138. The molecule has 0 spiro atoms. The average Bonchev–Trinajstić information content (AvgIpc) is 3.38. The normalized spacial score (nSPS) is 14.4. The highest BCUT2D eigenvalue weighted by Crippen LogP contribution is 2.35. The summed E-state index contributed by atoms with van der Waals surface area (Å²) in [5.74, 6) is -0.0190. The summed E-state index contributed by atoms with van der Waals surface area (Å²) in [6.07, 6.45) is 1.74. The standard InChI is InChI=1S/C36H28ClFN2O5S/c1-3-44-35(42)31-32(24-9-5-4-6-10-24)39-36-40(33(31)25-13-15-27(38)16-14-25)34(41)30(46-36)20-22-12-17-28(29(19-22)43-2)45-21-23-8-7-11-26(37)18-23/h4-20,33H,3,21H2,1-2H3/b30-20-/t33-/m1/s1. The smallest absolute Gasteiger partial charge is 0.338 e. The number of rotatable bonds is 9. The van der Waals surface area contributed by atoms with Crippen molar-refractivity contribution in [1.82, 2.24) is 4.57 Å². The molecule has 0 saturated carbocycles. The summed E-state index contributed by atoms with van der Waals surface area (Å²) >= 11 is 7.30. The summed E-state index contributed by atoms with van der Waals surface area (Å²) in [6.45, 7) is 2.14. The van der Waals surface area contributed by atoms with Gasteiger partial charge in [-0.3, -0.25) is 9.36 Å². The number of carbonyl (C=O) groups is 1. The summed E-state index contributed by atoms with van der Waals surface area (Å²) in [7, 11) is 1.55. The molecular formula is C36H28ClFN2O5S. The quantitative estimate of drug-likeness (QED) is 0.174. The molecule has 0 unspecified atom stereocenters. The van der Waals surface area contributed by atoms with Crippen molar-refractivity contribution in [1.29, 1.82) is 0 Å². The molecule has 0 N–H and O–H groups in total. The van der Waals surface area contributed by atoms with Crippen LogP contribution in [0.1, 0.15) is 35.2 Å². The molecule has 0 fully saturated rings. The first kappa shape index (κ1) is 31.0. The molecule has 0 saturated heterocycles. The number of halogens is 2. The van der Waals surface area contributed by atoms with Gasteiger partial charge in [-0.15, -0.1) is 0 Å². The summed E-state index contributed by atoms with van der Waals surface area (Å²) in [5.41, 5.74) is 3.07. The number of benzene rings is 4. The molecule has 1 aliphatic heterocycles. The third-order valence-electron chi connectivity index (χ3n) is 7.33. The molecular weight excluding hydrogens is 627 g/mol. The predicted octanol–water partition coefficient (Wildman–Crippen LogP) is 6.32. The summed E-state index contributed by atoms with van der Waals surface area (Å²) in [5, 5.41) is 0.622. The molecule has 0 radical (unpaired) electrons. The van der Waals surface area contributed by atoms with Crippen LogP contribution >= 0.6 is 22.9 Å². The summed E-state index contributed by atoms with van der Waals surface area (Å²) in [6, 6.07) is 26.9. The zero-order valence-corrected chi connectivity index (χ0v) is 26.5. The molecule has 10 heteroatoms. The van der Waals surface area contributed by atoms with Crippen molar-refractivity contribution in [2.75, 3.05) is 13.7 Å². The fourth-order valence-electron chi connectivity index (χ4n) is 5.23. The minimum Gasteiger partial charge on any atom is -0.493 e. The van der Waals surface area contributed by atoms with Crippen LogP contribution in [0.3, 0.4) is 0 Å². The van der Waals surface area contributed by atoms with Gasteiger partial charge >= 0.3 is 5.97 Å². The summed E-state index contributed by atoms with van der Waals surface area (Å²) < 4.78 is 32.9. The van der Waals surface area contributed by atoms with Crippen LogP contribution in [0.4, 0.5) is 4.39 Å². The highest BCUT2D eigenvalue weighted by Gasteiger charge is 2.35. The summed E-state index contributed by atoms with van der Waals surface area (Å²) in [4.78, 5) is 32.9. The van der Waals surface area contributed by atoms with Crippen molar-refractivity contribution in [2.24, 2.45) is 4.99 Å². The largest absolute Gasteiger partial charge is 0.493 e. The second-order valence-corrected chi connectivity index (χ2v) is 11.8. The van der Waals surface area contributed by atoms with Crippen molar-refractivity contribution in [3.05, 3.63) is 155 Å². The van der Waals surface area contributed by atoms with Crippen molar-refractivity contribution >= 4 is 40.7 Å². The Hall–Kier alpha value is -4.99. The number of nitrogens with zero attached hydrogens (tertiary/aromatic N) is 2. The molecule has 0 bridgehead atoms. The van der Waals surface area contributed by atoms with Crippen LogP contribution in [-0.4, -0.2) is 24.3 Å². The molecule has 0 amide bonds. The molecule has 46 heavy (non-hydrogen) atoms. The van der Waals surface area contributed by atoms with Gasteiger partial charge in [-0.2, -0.15) is 0 Å². The van der Waals surface area contributed by atoms with Crippen LogP contribution < -0.4 is 24.4 Å². The number of ether oxygens (including phenoxy) is 3. The molecule has 1 aliphatic rings. The third kappa shape index (κ3) is 6.38. The minimum atomic E-state index is -0.898. The molecule has 1 aromatic heterocycles. The Morgan fingerprint density at radius 2 is 1.78 bits per heavy atom. The van der Waals surface area contributed by atoms with E-state index in [9.17, 15) is 14.0 Å². The van der Waals surface area contributed by atoms with E-state index in [4.69, 9.17) is 30.8 Å². The van der Waals surface area contributed by atoms with Gasteiger partial charge in [-0.05, 0) is 66.1 Å². The van der Waals surface area contributed by atoms with E-state index in [-0.39, 0.29) is 17.7 Å². The predicted molar refractivity (Wildman–Crippen MR) is 176 cm³/mol. The van der Waals surface area contributed by atoms with E-state index in [0.717, 1.165) is 5.56 Å². The van der Waals surface area contributed by atoms with E-state index in [1.165, 1.54) is 28.0 Å². The van der Waals surface area contributed by atoms with E-state index in [1.807, 2.05) is 54.6 Å². The van der Waals surface area contributed by atoms with Crippen molar-refractivity contribution in [2.45, 2.75) is 19.6 Å². The van der Waals surface area contributed by atoms with Crippen molar-refractivity contribution < 1.29 is 23.4 Å². The Balaban J connectivity index is 1.47. The van der Waals surface area contributed by atoms with Gasteiger partial charge in [0, 0.05) is 10.6 Å². The lowest BCUT2D eigenvalue weighted by atomic mass is 9.93. The zero-order valence-electron chi connectivity index (χ0n) is 24.9. The Morgan fingerprint density at radius 1 is 1.00 bits per heavy atom. The Kier molecular flexibility index (Phi) is 9.14. The number of esters is 1. The van der Waals surface area contributed by atoms with Crippen LogP contribution in [0.25, 0.3) is 11.8 Å². The van der Waals surface area contributed by atoms with Gasteiger partial charge in [0.25, 0.3) is 5.56 Å². The molecule has 7 nitrogen and oxygen atoms in total. The van der Waals surface area contributed by atoms with Gasteiger partial charge in [-0.25, -0.2) is 14.2 Å². The lowest BCUT2D eigenvalue weighted by Crippen LogP contribution is -2.40. The Labute approximate surface area is 273 Å². The Bertz CT molecular complexity index is 2120. The number of carbonyl (C=O) groups excluding carboxylic acids is 1. The van der Waals surface area contributed by atoms with E-state index < -0.39 is 17.8 Å². The van der Waals surface area contributed by atoms with E-state index in [0.29, 0.717) is 54.8 Å². The van der Waals surface area contributed by atoms with Crippen LogP contribution in [0.5, 0.6) is 11.5 Å². The number of methoxy groups -OCH3 is 1. The molecule has 4 aromatic carbocycles. The molecule has 2 heterocycles. The van der Waals surface area contributed by atoms with Crippen LogP contribution in [0.2, 0.25) is 5.02 Å².